The van der Waals surface area contributed by atoms with Crippen molar-refractivity contribution in [2.75, 3.05) is 0 Å². The molecule has 0 aromatic carbocycles. The Balaban J connectivity index is 4.98. The number of hydrogen-bond acceptors (Lipinski definition) is 6. The Bertz CT molecular complexity index is 453. The number of carbonyl (C=O) groups is 3. The summed E-state index contributed by atoms with van der Waals surface area (Å²) in [5, 5.41) is 0. The molecule has 0 heterocycles. The summed E-state index contributed by atoms with van der Waals surface area (Å²) in [6, 6.07) is 0. The number of halogens is 3. The van der Waals surface area contributed by atoms with Crippen molar-refractivity contribution in [3.63, 3.8) is 0 Å². The molecule has 0 spiro atoms. The van der Waals surface area contributed by atoms with Crippen molar-refractivity contribution in [2.45, 2.75) is 20.8 Å². The van der Waals surface area contributed by atoms with Crippen molar-refractivity contribution in [3.8, 4) is 0 Å². The average molecular weight is 562 g/mol. The Labute approximate surface area is 159 Å². The summed E-state index contributed by atoms with van der Waals surface area (Å²) in [6.45, 7) is 4.86. The Morgan fingerprint density at radius 2 is 0.909 bits per heavy atom. The van der Waals surface area contributed by atoms with Crippen molar-refractivity contribution in [3.05, 3.63) is 31.7 Å². The first-order valence-electron chi connectivity index (χ1n) is 5.73. The molecule has 0 amide bonds. The molecule has 120 valence electrons. The van der Waals surface area contributed by atoms with Gasteiger partial charge in [0.25, 0.3) is 0 Å². The molecule has 0 saturated heterocycles. The van der Waals surface area contributed by atoms with E-state index in [1.807, 2.05) is 0 Å². The van der Waals surface area contributed by atoms with Crippen LogP contribution in [0.4, 0.5) is 0 Å². The van der Waals surface area contributed by atoms with Crippen LogP contribution in [0.3, 0.4) is 0 Å². The van der Waals surface area contributed by atoms with Crippen LogP contribution in [0.2, 0.25) is 0 Å². The molecule has 0 saturated carbocycles. The van der Waals surface area contributed by atoms with E-state index in [1.165, 1.54) is 0 Å². The van der Waals surface area contributed by atoms with Crippen molar-refractivity contribution < 1.29 is 25.0 Å². The Kier molecular flexibility index (Phi) is 11.1. The van der Waals surface area contributed by atoms with Gasteiger partial charge in [0.1, 0.15) is 0 Å². The van der Waals surface area contributed by atoms with Crippen LogP contribution in [0, 0.1) is 0 Å². The molecular formula is C12H12Br3GaO6. The zero-order valence-corrected chi connectivity index (χ0v) is 19.1. The van der Waals surface area contributed by atoms with Crippen molar-refractivity contribution in [1.29, 1.82) is 0 Å². The van der Waals surface area contributed by atoms with Crippen LogP contribution < -0.4 is 0 Å². The van der Waals surface area contributed by atoms with E-state index in [9.17, 15) is 14.4 Å². The van der Waals surface area contributed by atoms with Gasteiger partial charge in [0.2, 0.25) is 0 Å². The molecule has 0 atom stereocenters. The third-order valence-corrected chi connectivity index (χ3v) is 4.95. The molecule has 0 aromatic rings. The molecule has 0 rings (SSSR count). The number of hydrogen-bond donors (Lipinski definition) is 0. The molecule has 0 aromatic heterocycles. The quantitative estimate of drug-likeness (QED) is 0.365. The average Bonchev–Trinajstić information content (AvgIpc) is 2.23. The van der Waals surface area contributed by atoms with E-state index >= 15 is 0 Å². The van der Waals surface area contributed by atoms with Gasteiger partial charge in [0, 0.05) is 0 Å². The van der Waals surface area contributed by atoms with Crippen molar-refractivity contribution in [1.82, 2.24) is 0 Å². The van der Waals surface area contributed by atoms with E-state index in [2.05, 4.69) is 47.8 Å². The van der Waals surface area contributed by atoms with E-state index in [1.54, 1.807) is 20.8 Å². The summed E-state index contributed by atoms with van der Waals surface area (Å²) in [6.07, 6.45) is 3.41. The fourth-order valence-corrected chi connectivity index (χ4v) is 3.43. The van der Waals surface area contributed by atoms with Gasteiger partial charge in [-0.05, 0) is 0 Å². The van der Waals surface area contributed by atoms with Gasteiger partial charge in [-0.3, -0.25) is 0 Å². The van der Waals surface area contributed by atoms with Crippen LogP contribution in [0.1, 0.15) is 20.8 Å². The molecule has 10 heteroatoms. The molecule has 0 N–H and O–H groups in total. The maximum absolute atomic E-state index is 11.6. The van der Waals surface area contributed by atoms with Gasteiger partial charge in [-0.2, -0.15) is 0 Å². The maximum atomic E-state index is 11.6. The van der Waals surface area contributed by atoms with Gasteiger partial charge in [-0.25, -0.2) is 0 Å². The fraction of sp³-hybridized carbons (Fsp3) is 0.250. The molecule has 0 fully saturated rings. The van der Waals surface area contributed by atoms with Crippen LogP contribution in [-0.2, 0) is 25.0 Å². The molecule has 0 aliphatic heterocycles. The number of rotatable bonds is 6. The van der Waals surface area contributed by atoms with Gasteiger partial charge < -0.3 is 0 Å². The zero-order valence-electron chi connectivity index (χ0n) is 11.9. The third-order valence-electron chi connectivity index (χ3n) is 1.59. The summed E-state index contributed by atoms with van der Waals surface area (Å²) in [7, 11) is 0. The summed E-state index contributed by atoms with van der Waals surface area (Å²) in [5.41, 5.74) is 0. The van der Waals surface area contributed by atoms with E-state index < -0.39 is 35.2 Å². The van der Waals surface area contributed by atoms with Crippen LogP contribution in [0.5, 0.6) is 0 Å². The summed E-state index contributed by atoms with van der Waals surface area (Å²) in [5.74, 6) is -2.29. The first kappa shape index (κ1) is 21.7. The van der Waals surface area contributed by atoms with E-state index in [0.29, 0.717) is 13.4 Å². The summed E-state index contributed by atoms with van der Waals surface area (Å²) >= 11 is 5.34. The Morgan fingerprint density at radius 3 is 1.09 bits per heavy atom. The second kappa shape index (κ2) is 11.3. The van der Waals surface area contributed by atoms with E-state index in [4.69, 9.17) is 10.6 Å². The Morgan fingerprint density at radius 1 is 0.682 bits per heavy atom. The number of allylic oxidation sites excluding steroid dienone is 3. The molecule has 0 radical (unpaired) electrons. The zero-order chi connectivity index (χ0) is 17.3. The van der Waals surface area contributed by atoms with Crippen LogP contribution in [0.25, 0.3) is 0 Å². The molecule has 0 aliphatic rings. The predicted octanol–water partition coefficient (Wildman–Crippen LogP) is 3.50. The molecule has 22 heavy (non-hydrogen) atoms. The minimum atomic E-state index is -3.86. The number of carbonyl (C=O) groups excluding carboxylic acids is 3. The first-order valence-corrected chi connectivity index (χ1v) is 11.1. The van der Waals surface area contributed by atoms with E-state index in [0.717, 1.165) is 18.2 Å². The van der Waals surface area contributed by atoms with Gasteiger partial charge in [0.15, 0.2) is 0 Å². The third kappa shape index (κ3) is 12.3. The van der Waals surface area contributed by atoms with Gasteiger partial charge >= 0.3 is 160 Å². The van der Waals surface area contributed by atoms with E-state index in [-0.39, 0.29) is 0 Å². The molecule has 0 unspecified atom stereocenters. The standard InChI is InChI=1S/3C4H5BrO2.Ga/c3*1-3(5)2-4(6)7;/h3*2H,1H3,(H,6,7);/q;;;+3/p-3/b3*3-2-;. The van der Waals surface area contributed by atoms with Gasteiger partial charge in [-0.15, -0.1) is 0 Å². The second-order valence-electron chi connectivity index (χ2n) is 3.79. The van der Waals surface area contributed by atoms with Crippen molar-refractivity contribution >= 4 is 83.0 Å². The SMILES string of the molecule is C/C(Br)=C/C(=O)[O][Ga]([O]C(=O)/C=C(/C)Br)[O]C(=O)/C=C(/C)Br. The van der Waals surface area contributed by atoms with Gasteiger partial charge in [0.05, 0.1) is 0 Å². The fourth-order valence-electron chi connectivity index (χ4n) is 0.946. The second-order valence-corrected chi connectivity index (χ2v) is 10.2. The van der Waals surface area contributed by atoms with Crippen LogP contribution in [-0.4, -0.2) is 35.2 Å². The normalized spacial score (nSPS) is 12.5. The van der Waals surface area contributed by atoms with Crippen molar-refractivity contribution in [2.24, 2.45) is 0 Å². The predicted molar refractivity (Wildman–Crippen MR) is 92.1 cm³/mol. The minimum absolute atomic E-state index is 0.517. The summed E-state index contributed by atoms with van der Waals surface area (Å²) in [4.78, 5) is 34.7. The van der Waals surface area contributed by atoms with Crippen LogP contribution in [0.15, 0.2) is 31.7 Å². The summed E-state index contributed by atoms with van der Waals surface area (Å²) < 4.78 is 16.4. The topological polar surface area (TPSA) is 78.9 Å². The molecule has 0 aliphatic carbocycles. The molecule has 6 nitrogen and oxygen atoms in total. The van der Waals surface area contributed by atoms with Gasteiger partial charge in [-0.1, -0.05) is 0 Å². The molecular weight excluding hydrogens is 550 g/mol. The first-order chi connectivity index (χ1) is 10.1. The monoisotopic (exact) mass is 558 g/mol. The van der Waals surface area contributed by atoms with Crippen LogP contribution >= 0.6 is 47.8 Å². The molecule has 0 bridgehead atoms. The Hall–Kier alpha value is -0.294.